The molecule has 7 nitrogen and oxygen atoms in total. The van der Waals surface area contributed by atoms with Crippen molar-refractivity contribution in [3.05, 3.63) is 84.2 Å². The first kappa shape index (κ1) is 24.2. The van der Waals surface area contributed by atoms with Crippen molar-refractivity contribution in [3.63, 3.8) is 0 Å². The first-order valence-corrected chi connectivity index (χ1v) is 11.5. The normalized spacial score (nSPS) is 11.9. The van der Waals surface area contributed by atoms with Gasteiger partial charge in [0.05, 0.1) is 11.8 Å². The van der Waals surface area contributed by atoms with Gasteiger partial charge in [-0.05, 0) is 68.8 Å². The fourth-order valence-electron chi connectivity index (χ4n) is 3.47. The van der Waals surface area contributed by atoms with Crippen LogP contribution in [0.4, 0.5) is 10.1 Å². The van der Waals surface area contributed by atoms with E-state index in [1.807, 2.05) is 69.3 Å². The summed E-state index contributed by atoms with van der Waals surface area (Å²) in [4.78, 5) is 4.47. The minimum atomic E-state index is -0.681. The van der Waals surface area contributed by atoms with E-state index in [9.17, 15) is 9.50 Å². The number of hydrogen-bond donors (Lipinski definition) is 2. The van der Waals surface area contributed by atoms with Gasteiger partial charge in [0.2, 0.25) is 0 Å². The molecule has 2 N–H and O–H groups in total. The molecule has 0 saturated carbocycles. The number of aryl methyl sites for hydroxylation is 1. The number of nitrogens with one attached hydrogen (secondary N) is 1. The lowest BCUT2D eigenvalue weighted by Crippen LogP contribution is -2.26. The van der Waals surface area contributed by atoms with Gasteiger partial charge in [0.25, 0.3) is 0 Å². The summed E-state index contributed by atoms with van der Waals surface area (Å²) < 4.78 is 26.9. The Balaban J connectivity index is 1.44. The van der Waals surface area contributed by atoms with Crippen molar-refractivity contribution in [3.8, 4) is 28.8 Å². The number of nitrogens with zero attached hydrogens (tertiary/aromatic N) is 3. The van der Waals surface area contributed by atoms with Crippen molar-refractivity contribution < 1.29 is 19.0 Å². The highest BCUT2D eigenvalue weighted by atomic mass is 19.1. The van der Waals surface area contributed by atoms with Crippen molar-refractivity contribution in [2.24, 2.45) is 0 Å². The molecule has 0 aliphatic heterocycles. The SMILES string of the molecule is Cc1ccccc1OC[C@H](O)CNc1ccc(-n2nc(OC(C)C)nc2-c2cccc(F)c2)cc1. The maximum absolute atomic E-state index is 13.9. The number of aliphatic hydroxyl groups is 1. The van der Waals surface area contributed by atoms with E-state index in [-0.39, 0.29) is 24.5 Å². The van der Waals surface area contributed by atoms with Crippen LogP contribution in [0, 0.1) is 12.7 Å². The Labute approximate surface area is 204 Å². The standard InChI is InChI=1S/C27H29FN4O3/c1-18(2)35-27-30-26(20-8-6-9-21(28)15-20)32(31-27)23-13-11-22(12-14-23)29-16-24(33)17-34-25-10-5-4-7-19(25)3/h4-15,18,24,29,33H,16-17H2,1-3H3/t24-/m1/s1. The number of anilines is 1. The molecule has 0 unspecified atom stereocenters. The van der Waals surface area contributed by atoms with Gasteiger partial charge < -0.3 is 19.9 Å². The molecule has 0 saturated heterocycles. The molecule has 35 heavy (non-hydrogen) atoms. The molecule has 0 radical (unpaired) electrons. The van der Waals surface area contributed by atoms with Crippen LogP contribution in [0.5, 0.6) is 11.8 Å². The number of ether oxygens (including phenoxy) is 2. The van der Waals surface area contributed by atoms with E-state index in [4.69, 9.17) is 9.47 Å². The van der Waals surface area contributed by atoms with E-state index in [0.29, 0.717) is 17.9 Å². The van der Waals surface area contributed by atoms with Gasteiger partial charge in [0, 0.05) is 17.8 Å². The lowest BCUT2D eigenvalue weighted by Gasteiger charge is -2.15. The van der Waals surface area contributed by atoms with Crippen LogP contribution >= 0.6 is 0 Å². The first-order chi connectivity index (χ1) is 16.9. The van der Waals surface area contributed by atoms with Gasteiger partial charge in [0.15, 0.2) is 5.82 Å². The highest BCUT2D eigenvalue weighted by Crippen LogP contribution is 2.25. The summed E-state index contributed by atoms with van der Waals surface area (Å²) in [5.41, 5.74) is 3.19. The van der Waals surface area contributed by atoms with Crippen LogP contribution in [0.1, 0.15) is 19.4 Å². The average molecular weight is 477 g/mol. The van der Waals surface area contributed by atoms with Gasteiger partial charge in [-0.15, -0.1) is 5.10 Å². The summed E-state index contributed by atoms with van der Waals surface area (Å²) in [5, 5.41) is 18.0. The third-order valence-electron chi connectivity index (χ3n) is 5.19. The van der Waals surface area contributed by atoms with Crippen molar-refractivity contribution in [1.82, 2.24) is 14.8 Å². The van der Waals surface area contributed by atoms with Crippen LogP contribution in [-0.4, -0.2) is 45.2 Å². The number of rotatable bonds is 10. The third kappa shape index (κ3) is 6.36. The van der Waals surface area contributed by atoms with Crippen LogP contribution in [0.2, 0.25) is 0 Å². The highest BCUT2D eigenvalue weighted by Gasteiger charge is 2.16. The Morgan fingerprint density at radius 1 is 1.03 bits per heavy atom. The molecule has 182 valence electrons. The fraction of sp³-hybridized carbons (Fsp3) is 0.259. The number of aromatic nitrogens is 3. The van der Waals surface area contributed by atoms with Gasteiger partial charge in [-0.1, -0.05) is 30.3 Å². The minimum Gasteiger partial charge on any atom is -0.491 e. The number of para-hydroxylation sites is 1. The van der Waals surface area contributed by atoms with Crippen LogP contribution in [0.25, 0.3) is 17.1 Å². The maximum Gasteiger partial charge on any atom is 0.336 e. The Kier molecular flexibility index (Phi) is 7.62. The van der Waals surface area contributed by atoms with Gasteiger partial charge in [0.1, 0.15) is 24.3 Å². The van der Waals surface area contributed by atoms with Gasteiger partial charge in [-0.25, -0.2) is 9.07 Å². The first-order valence-electron chi connectivity index (χ1n) is 11.5. The summed E-state index contributed by atoms with van der Waals surface area (Å²) >= 11 is 0. The summed E-state index contributed by atoms with van der Waals surface area (Å²) in [7, 11) is 0. The van der Waals surface area contributed by atoms with E-state index in [2.05, 4.69) is 15.4 Å². The molecular formula is C27H29FN4O3. The average Bonchev–Trinajstić information content (AvgIpc) is 3.25. The van der Waals surface area contributed by atoms with Crippen LogP contribution in [0.3, 0.4) is 0 Å². The van der Waals surface area contributed by atoms with E-state index < -0.39 is 6.10 Å². The Morgan fingerprint density at radius 2 is 1.80 bits per heavy atom. The van der Waals surface area contributed by atoms with E-state index in [1.165, 1.54) is 12.1 Å². The molecule has 1 aromatic heterocycles. The van der Waals surface area contributed by atoms with Crippen molar-refractivity contribution in [1.29, 1.82) is 0 Å². The van der Waals surface area contributed by atoms with Crippen LogP contribution in [0.15, 0.2) is 72.8 Å². The lowest BCUT2D eigenvalue weighted by atomic mass is 10.2. The molecule has 1 heterocycles. The molecule has 8 heteroatoms. The van der Waals surface area contributed by atoms with Gasteiger partial charge in [-0.3, -0.25) is 0 Å². The third-order valence-corrected chi connectivity index (χ3v) is 5.19. The van der Waals surface area contributed by atoms with Crippen LogP contribution < -0.4 is 14.8 Å². The molecule has 1 atom stereocenters. The molecule has 3 aromatic carbocycles. The molecule has 4 aromatic rings. The van der Waals surface area contributed by atoms with Crippen molar-refractivity contribution in [2.75, 3.05) is 18.5 Å². The summed E-state index contributed by atoms with van der Waals surface area (Å²) in [6, 6.07) is 21.6. The second-order valence-corrected chi connectivity index (χ2v) is 8.46. The second kappa shape index (κ2) is 11.0. The van der Waals surface area contributed by atoms with Gasteiger partial charge >= 0.3 is 6.01 Å². The zero-order valence-electron chi connectivity index (χ0n) is 20.0. The van der Waals surface area contributed by atoms with E-state index in [0.717, 1.165) is 22.7 Å². The molecule has 0 fully saturated rings. The number of hydrogen-bond acceptors (Lipinski definition) is 6. The Hall–Kier alpha value is -3.91. The molecular weight excluding hydrogens is 447 g/mol. The minimum absolute atomic E-state index is 0.0981. The quantitative estimate of drug-likeness (QED) is 0.335. The van der Waals surface area contributed by atoms with Gasteiger partial charge in [-0.2, -0.15) is 4.98 Å². The maximum atomic E-state index is 13.9. The largest absolute Gasteiger partial charge is 0.491 e. The van der Waals surface area contributed by atoms with Crippen molar-refractivity contribution in [2.45, 2.75) is 33.0 Å². The number of aliphatic hydroxyl groups excluding tert-OH is 1. The van der Waals surface area contributed by atoms with E-state index >= 15 is 0 Å². The van der Waals surface area contributed by atoms with Crippen molar-refractivity contribution >= 4 is 5.69 Å². The fourth-order valence-corrected chi connectivity index (χ4v) is 3.47. The predicted molar refractivity (Wildman–Crippen MR) is 134 cm³/mol. The number of halogens is 1. The Morgan fingerprint density at radius 3 is 2.51 bits per heavy atom. The Bertz CT molecular complexity index is 1260. The monoisotopic (exact) mass is 476 g/mol. The topological polar surface area (TPSA) is 81.4 Å². The highest BCUT2D eigenvalue weighted by molar-refractivity contribution is 5.59. The molecule has 0 bridgehead atoms. The predicted octanol–water partition coefficient (Wildman–Crippen LogP) is 5.02. The van der Waals surface area contributed by atoms with E-state index in [1.54, 1.807) is 16.8 Å². The summed E-state index contributed by atoms with van der Waals surface area (Å²) in [6.07, 6.45) is -0.779. The molecule has 0 aliphatic rings. The molecule has 0 aliphatic carbocycles. The summed E-state index contributed by atoms with van der Waals surface area (Å²) in [5.74, 6) is 0.885. The second-order valence-electron chi connectivity index (χ2n) is 8.46. The zero-order chi connectivity index (χ0) is 24.8. The molecule has 0 amide bonds. The van der Waals surface area contributed by atoms with Crippen LogP contribution in [-0.2, 0) is 0 Å². The molecule has 4 rings (SSSR count). The lowest BCUT2D eigenvalue weighted by molar-refractivity contribution is 0.117. The zero-order valence-corrected chi connectivity index (χ0v) is 20.0. The summed E-state index contributed by atoms with van der Waals surface area (Å²) in [6.45, 7) is 6.27. The number of benzene rings is 3. The molecule has 0 spiro atoms. The smallest absolute Gasteiger partial charge is 0.336 e.